The van der Waals surface area contributed by atoms with E-state index < -0.39 is 0 Å². The van der Waals surface area contributed by atoms with Gasteiger partial charge in [0.2, 0.25) is 5.91 Å². The van der Waals surface area contributed by atoms with Gasteiger partial charge in [0.15, 0.2) is 5.78 Å². The van der Waals surface area contributed by atoms with Crippen LogP contribution in [0.3, 0.4) is 0 Å². The van der Waals surface area contributed by atoms with Gasteiger partial charge < -0.3 is 5.32 Å². The van der Waals surface area contributed by atoms with Crippen LogP contribution in [0, 0.1) is 13.8 Å². The number of nitrogens with zero attached hydrogens (tertiary/aromatic N) is 1. The second-order valence-corrected chi connectivity index (χ2v) is 7.62. The van der Waals surface area contributed by atoms with Crippen LogP contribution in [0.2, 0.25) is 0 Å². The molecule has 1 N–H and O–H groups in total. The second-order valence-electron chi connectivity index (χ2n) is 6.84. The Morgan fingerprint density at radius 2 is 1.85 bits per heavy atom. The first-order chi connectivity index (χ1) is 13.0. The molecule has 0 saturated carbocycles. The molecule has 0 radical (unpaired) electrons. The van der Waals surface area contributed by atoms with E-state index in [1.807, 2.05) is 32.0 Å². The summed E-state index contributed by atoms with van der Waals surface area (Å²) in [5, 5.41) is 7.23. The number of ketones is 1. The van der Waals surface area contributed by atoms with E-state index in [1.165, 1.54) is 5.56 Å². The lowest BCUT2D eigenvalue weighted by Crippen LogP contribution is -2.38. The molecule has 1 amide bonds. The Hall–Kier alpha value is -1.98. The summed E-state index contributed by atoms with van der Waals surface area (Å²) in [6.45, 7) is 10.6. The van der Waals surface area contributed by atoms with Gasteiger partial charge in [-0.1, -0.05) is 31.5 Å². The third kappa shape index (κ3) is 6.01. The molecule has 2 aromatic rings. The Labute approximate surface area is 166 Å². The van der Waals surface area contributed by atoms with Crippen molar-refractivity contribution in [2.45, 2.75) is 46.6 Å². The van der Waals surface area contributed by atoms with Gasteiger partial charge in [-0.05, 0) is 61.0 Å². The Morgan fingerprint density at radius 1 is 1.11 bits per heavy atom. The molecule has 1 unspecified atom stereocenters. The molecule has 0 aliphatic heterocycles. The van der Waals surface area contributed by atoms with E-state index in [-0.39, 0.29) is 30.6 Å². The number of carbonyl (C=O) groups excluding carboxylic acids is 2. The van der Waals surface area contributed by atoms with Gasteiger partial charge in [0.1, 0.15) is 0 Å². The number of carbonyl (C=O) groups is 2. The summed E-state index contributed by atoms with van der Waals surface area (Å²) in [5.74, 6) is -0.0366. The van der Waals surface area contributed by atoms with E-state index in [4.69, 9.17) is 0 Å². The van der Waals surface area contributed by atoms with Gasteiger partial charge in [-0.3, -0.25) is 14.5 Å². The number of likely N-dealkylation sites (N-methyl/N-ethyl adjacent to an activating group) is 1. The first-order valence-electron chi connectivity index (χ1n) is 9.59. The van der Waals surface area contributed by atoms with Gasteiger partial charge in [0, 0.05) is 24.9 Å². The number of hydrogen-bond acceptors (Lipinski definition) is 4. The van der Waals surface area contributed by atoms with Gasteiger partial charge in [0.05, 0.1) is 6.04 Å². The van der Waals surface area contributed by atoms with Crippen molar-refractivity contribution in [3.63, 3.8) is 0 Å². The lowest BCUT2D eigenvalue weighted by Gasteiger charge is -2.29. The molecule has 0 spiro atoms. The van der Waals surface area contributed by atoms with Crippen LogP contribution in [0.1, 0.15) is 59.8 Å². The number of thiophene rings is 1. The molecule has 0 fully saturated rings. The smallest absolute Gasteiger partial charge is 0.220 e. The van der Waals surface area contributed by atoms with Crippen LogP contribution in [0.25, 0.3) is 0 Å². The molecule has 1 heterocycles. The Morgan fingerprint density at radius 3 is 2.48 bits per heavy atom. The first-order valence-corrected chi connectivity index (χ1v) is 10.5. The lowest BCUT2D eigenvalue weighted by molar-refractivity contribution is -0.121. The van der Waals surface area contributed by atoms with Crippen molar-refractivity contribution in [2.75, 3.05) is 19.6 Å². The number of hydrogen-bond donors (Lipinski definition) is 1. The molecule has 27 heavy (non-hydrogen) atoms. The standard InChI is InChI=1S/C22H30N2O2S/c1-5-24(6-2)20(18-11-12-27-15-18)14-23-22(26)10-9-21(25)19-13-16(3)7-8-17(19)4/h7-8,11-13,15,20H,5-6,9-10,14H2,1-4H3,(H,23,26). The molecule has 4 nitrogen and oxygen atoms in total. The van der Waals surface area contributed by atoms with E-state index in [2.05, 4.69) is 40.9 Å². The van der Waals surface area contributed by atoms with Crippen molar-refractivity contribution in [3.05, 3.63) is 57.3 Å². The van der Waals surface area contributed by atoms with E-state index >= 15 is 0 Å². The number of rotatable bonds is 10. The first kappa shape index (κ1) is 21.3. The maximum Gasteiger partial charge on any atom is 0.220 e. The minimum absolute atomic E-state index is 0.0319. The fraction of sp³-hybridized carbons (Fsp3) is 0.455. The molecule has 0 saturated heterocycles. The van der Waals surface area contributed by atoms with E-state index in [1.54, 1.807) is 11.3 Å². The van der Waals surface area contributed by atoms with Gasteiger partial charge in [-0.25, -0.2) is 0 Å². The van der Waals surface area contributed by atoms with Crippen LogP contribution >= 0.6 is 11.3 Å². The highest BCUT2D eigenvalue weighted by atomic mass is 32.1. The molecule has 1 aromatic heterocycles. The number of benzene rings is 1. The maximum absolute atomic E-state index is 12.5. The minimum Gasteiger partial charge on any atom is -0.354 e. The predicted molar refractivity (Wildman–Crippen MR) is 112 cm³/mol. The molecule has 0 aliphatic carbocycles. The Kier molecular flexibility index (Phi) is 8.20. The molecule has 5 heteroatoms. The number of Topliss-reactive ketones (excluding diaryl/α,β-unsaturated/α-hetero) is 1. The number of nitrogens with one attached hydrogen (secondary N) is 1. The Bertz CT molecular complexity index is 752. The molecule has 2 rings (SSSR count). The van der Waals surface area contributed by atoms with Crippen molar-refractivity contribution in [1.29, 1.82) is 0 Å². The third-order valence-corrected chi connectivity index (χ3v) is 5.65. The molecular formula is C22H30N2O2S. The zero-order valence-corrected chi connectivity index (χ0v) is 17.6. The summed E-state index contributed by atoms with van der Waals surface area (Å²) in [4.78, 5) is 27.1. The highest BCUT2D eigenvalue weighted by Gasteiger charge is 2.19. The van der Waals surface area contributed by atoms with Crippen molar-refractivity contribution in [2.24, 2.45) is 0 Å². The van der Waals surface area contributed by atoms with E-state index in [0.29, 0.717) is 6.54 Å². The predicted octanol–water partition coefficient (Wildman–Crippen LogP) is 4.53. The highest BCUT2D eigenvalue weighted by Crippen LogP contribution is 2.22. The number of amides is 1. The lowest BCUT2D eigenvalue weighted by atomic mass is 9.99. The second kappa shape index (κ2) is 10.4. The van der Waals surface area contributed by atoms with E-state index in [9.17, 15) is 9.59 Å². The summed E-state index contributed by atoms with van der Waals surface area (Å²) in [7, 11) is 0. The van der Waals surface area contributed by atoms with Crippen molar-refractivity contribution in [1.82, 2.24) is 10.2 Å². The van der Waals surface area contributed by atoms with Crippen molar-refractivity contribution < 1.29 is 9.59 Å². The zero-order chi connectivity index (χ0) is 19.8. The average molecular weight is 387 g/mol. The summed E-state index contributed by atoms with van der Waals surface area (Å²) < 4.78 is 0. The summed E-state index contributed by atoms with van der Waals surface area (Å²) in [6.07, 6.45) is 0.464. The van der Waals surface area contributed by atoms with Gasteiger partial charge >= 0.3 is 0 Å². The normalized spacial score (nSPS) is 12.2. The third-order valence-electron chi connectivity index (χ3n) is 4.95. The topological polar surface area (TPSA) is 49.4 Å². The SMILES string of the molecule is CCN(CC)C(CNC(=O)CCC(=O)c1cc(C)ccc1C)c1ccsc1. The molecule has 0 aliphatic rings. The summed E-state index contributed by atoms with van der Waals surface area (Å²) >= 11 is 1.67. The molecule has 146 valence electrons. The monoisotopic (exact) mass is 386 g/mol. The largest absolute Gasteiger partial charge is 0.354 e. The molecule has 1 atom stereocenters. The van der Waals surface area contributed by atoms with Crippen LogP contribution in [0.15, 0.2) is 35.0 Å². The summed E-state index contributed by atoms with van der Waals surface area (Å²) in [6, 6.07) is 8.14. The van der Waals surface area contributed by atoms with Crippen LogP contribution < -0.4 is 5.32 Å². The highest BCUT2D eigenvalue weighted by molar-refractivity contribution is 7.07. The van der Waals surface area contributed by atoms with Gasteiger partial charge in [-0.2, -0.15) is 11.3 Å². The minimum atomic E-state index is -0.0685. The molecular weight excluding hydrogens is 356 g/mol. The Balaban J connectivity index is 1.90. The fourth-order valence-electron chi connectivity index (χ4n) is 3.28. The molecule has 0 bridgehead atoms. The average Bonchev–Trinajstić information content (AvgIpc) is 3.19. The molecule has 1 aromatic carbocycles. The van der Waals surface area contributed by atoms with Crippen molar-refractivity contribution in [3.8, 4) is 0 Å². The quantitative estimate of drug-likeness (QED) is 0.611. The van der Waals surface area contributed by atoms with E-state index in [0.717, 1.165) is 29.8 Å². The van der Waals surface area contributed by atoms with Crippen LogP contribution in [-0.4, -0.2) is 36.2 Å². The summed E-state index contributed by atoms with van der Waals surface area (Å²) in [5.41, 5.74) is 3.98. The maximum atomic E-state index is 12.5. The van der Waals surface area contributed by atoms with Crippen LogP contribution in [-0.2, 0) is 4.79 Å². The van der Waals surface area contributed by atoms with Crippen LogP contribution in [0.5, 0.6) is 0 Å². The van der Waals surface area contributed by atoms with Gasteiger partial charge in [-0.15, -0.1) is 0 Å². The van der Waals surface area contributed by atoms with Crippen molar-refractivity contribution >= 4 is 23.0 Å². The van der Waals surface area contributed by atoms with Crippen LogP contribution in [0.4, 0.5) is 0 Å². The zero-order valence-electron chi connectivity index (χ0n) is 16.7. The van der Waals surface area contributed by atoms with Gasteiger partial charge in [0.25, 0.3) is 0 Å². The fourth-order valence-corrected chi connectivity index (χ4v) is 3.99. The number of aryl methyl sites for hydroxylation is 2.